The van der Waals surface area contributed by atoms with Gasteiger partial charge in [-0.2, -0.15) is 10.2 Å². The smallest absolute Gasteiger partial charge is 0.249 e. The van der Waals surface area contributed by atoms with Crippen LogP contribution in [0.1, 0.15) is 18.9 Å². The van der Waals surface area contributed by atoms with Crippen LogP contribution in [0.3, 0.4) is 0 Å². The number of pyridine rings is 1. The third-order valence-electron chi connectivity index (χ3n) is 2.64. The van der Waals surface area contributed by atoms with Crippen molar-refractivity contribution >= 4 is 23.7 Å². The fourth-order valence-corrected chi connectivity index (χ4v) is 1.59. The van der Waals surface area contributed by atoms with Crippen LogP contribution < -0.4 is 10.9 Å². The molecule has 98 valence electrons. The van der Waals surface area contributed by atoms with Crippen molar-refractivity contribution in [1.82, 2.24) is 15.8 Å². The van der Waals surface area contributed by atoms with Gasteiger partial charge < -0.3 is 0 Å². The highest BCUT2D eigenvalue weighted by molar-refractivity contribution is 6.09. The molecule has 0 saturated carbocycles. The molecule has 1 aliphatic rings. The number of hydrogen-bond acceptors (Lipinski definition) is 5. The molecule has 19 heavy (non-hydrogen) atoms. The molecule has 2 N–H and O–H groups in total. The normalized spacial score (nSPS) is 18.3. The van der Waals surface area contributed by atoms with E-state index < -0.39 is 5.92 Å². The fourth-order valence-electron chi connectivity index (χ4n) is 1.59. The summed E-state index contributed by atoms with van der Waals surface area (Å²) >= 11 is 0. The summed E-state index contributed by atoms with van der Waals surface area (Å²) in [6, 6.07) is 3.58. The molecule has 0 radical (unpaired) electrons. The van der Waals surface area contributed by atoms with E-state index in [0.29, 0.717) is 5.71 Å². The first-order valence-electron chi connectivity index (χ1n) is 5.73. The predicted octanol–water partition coefficient (Wildman–Crippen LogP) is 0.0437. The lowest BCUT2D eigenvalue weighted by molar-refractivity contribution is -0.127. The van der Waals surface area contributed by atoms with Gasteiger partial charge >= 0.3 is 0 Å². The van der Waals surface area contributed by atoms with Gasteiger partial charge in [0.2, 0.25) is 11.8 Å². The van der Waals surface area contributed by atoms with Crippen molar-refractivity contribution < 1.29 is 9.59 Å². The summed E-state index contributed by atoms with van der Waals surface area (Å²) in [5, 5.41) is 7.57. The fraction of sp³-hybridized carbons (Fsp3) is 0.250. The number of aromatic nitrogens is 1. The van der Waals surface area contributed by atoms with Crippen molar-refractivity contribution in [1.29, 1.82) is 0 Å². The van der Waals surface area contributed by atoms with Gasteiger partial charge in [0.15, 0.2) is 0 Å². The highest BCUT2D eigenvalue weighted by Crippen LogP contribution is 2.11. The molecule has 0 fully saturated rings. The number of hydrazone groups is 2. The zero-order valence-corrected chi connectivity index (χ0v) is 10.3. The lowest BCUT2D eigenvalue weighted by atomic mass is 10.0. The van der Waals surface area contributed by atoms with E-state index in [4.69, 9.17) is 0 Å². The maximum absolute atomic E-state index is 11.6. The number of nitrogens with one attached hydrogen (secondary N) is 2. The molecule has 1 aliphatic heterocycles. The second-order valence-corrected chi connectivity index (χ2v) is 4.07. The summed E-state index contributed by atoms with van der Waals surface area (Å²) in [5.41, 5.74) is 6.08. The van der Waals surface area contributed by atoms with Gasteiger partial charge in [-0.1, -0.05) is 6.07 Å². The Morgan fingerprint density at radius 2 is 2.47 bits per heavy atom. The van der Waals surface area contributed by atoms with Crippen molar-refractivity contribution in [3.8, 4) is 0 Å². The molecule has 0 spiro atoms. The van der Waals surface area contributed by atoms with Gasteiger partial charge in [-0.3, -0.25) is 14.6 Å². The van der Waals surface area contributed by atoms with Crippen LogP contribution in [-0.4, -0.2) is 28.7 Å². The van der Waals surface area contributed by atoms with Crippen LogP contribution in [0.5, 0.6) is 0 Å². The number of carbonyl (C=O) groups excluding carboxylic acids is 2. The third kappa shape index (κ3) is 3.44. The van der Waals surface area contributed by atoms with Gasteiger partial charge in [0.1, 0.15) is 0 Å². The SMILES string of the molecule is CC1=NNC(=O)[C@H]1CC(=O)N/N=C\c1cccnc1. The Labute approximate surface area is 109 Å². The molecule has 0 unspecified atom stereocenters. The Morgan fingerprint density at radius 3 is 3.11 bits per heavy atom. The van der Waals surface area contributed by atoms with E-state index in [9.17, 15) is 9.59 Å². The van der Waals surface area contributed by atoms with Crippen LogP contribution in [0.15, 0.2) is 34.7 Å². The van der Waals surface area contributed by atoms with E-state index in [-0.39, 0.29) is 18.2 Å². The number of hydrogen-bond donors (Lipinski definition) is 2. The highest BCUT2D eigenvalue weighted by atomic mass is 16.2. The topological polar surface area (TPSA) is 95.8 Å². The first-order chi connectivity index (χ1) is 9.16. The first kappa shape index (κ1) is 12.9. The number of carbonyl (C=O) groups is 2. The van der Waals surface area contributed by atoms with Crippen molar-refractivity contribution in [3.63, 3.8) is 0 Å². The van der Waals surface area contributed by atoms with Crippen molar-refractivity contribution in [2.75, 3.05) is 0 Å². The second-order valence-electron chi connectivity index (χ2n) is 4.07. The lowest BCUT2D eigenvalue weighted by Gasteiger charge is -2.05. The Balaban J connectivity index is 1.84. The minimum atomic E-state index is -0.506. The highest BCUT2D eigenvalue weighted by Gasteiger charge is 2.28. The van der Waals surface area contributed by atoms with E-state index in [1.165, 1.54) is 6.21 Å². The Bertz CT molecular complexity index is 538. The minimum absolute atomic E-state index is 0.0333. The molecule has 0 aliphatic carbocycles. The van der Waals surface area contributed by atoms with E-state index in [1.54, 1.807) is 25.4 Å². The molecule has 1 aromatic heterocycles. The van der Waals surface area contributed by atoms with Gasteiger partial charge in [-0.15, -0.1) is 0 Å². The van der Waals surface area contributed by atoms with Crippen molar-refractivity contribution in [3.05, 3.63) is 30.1 Å². The van der Waals surface area contributed by atoms with Gasteiger partial charge in [0.25, 0.3) is 0 Å². The lowest BCUT2D eigenvalue weighted by Crippen LogP contribution is -2.29. The van der Waals surface area contributed by atoms with Gasteiger partial charge in [-0.05, 0) is 13.0 Å². The Morgan fingerprint density at radius 1 is 1.63 bits per heavy atom. The minimum Gasteiger partial charge on any atom is -0.273 e. The molecular weight excluding hydrogens is 246 g/mol. The molecule has 2 amide bonds. The molecule has 7 heteroatoms. The van der Waals surface area contributed by atoms with Crippen LogP contribution in [-0.2, 0) is 9.59 Å². The Kier molecular flexibility index (Phi) is 3.97. The largest absolute Gasteiger partial charge is 0.273 e. The van der Waals surface area contributed by atoms with Crippen molar-refractivity contribution in [2.24, 2.45) is 16.1 Å². The molecule has 2 rings (SSSR count). The average Bonchev–Trinajstić information content (AvgIpc) is 2.72. The second kappa shape index (κ2) is 5.85. The van der Waals surface area contributed by atoms with Gasteiger partial charge in [-0.25, -0.2) is 10.9 Å². The molecule has 0 bridgehead atoms. The van der Waals surface area contributed by atoms with Crippen LogP contribution >= 0.6 is 0 Å². The molecular formula is C12H13N5O2. The van der Waals surface area contributed by atoms with Crippen LogP contribution in [0.2, 0.25) is 0 Å². The number of amides is 2. The van der Waals surface area contributed by atoms with Gasteiger partial charge in [0.05, 0.1) is 12.1 Å². The zero-order chi connectivity index (χ0) is 13.7. The standard InChI is InChI=1S/C12H13N5O2/c1-8-10(12(19)17-15-8)5-11(18)16-14-7-9-3-2-4-13-6-9/h2-4,6-7,10H,5H2,1H3,(H,16,18)(H,17,19)/b14-7-/t10-/m0/s1. The third-order valence-corrected chi connectivity index (χ3v) is 2.64. The predicted molar refractivity (Wildman–Crippen MR) is 69.3 cm³/mol. The van der Waals surface area contributed by atoms with Crippen LogP contribution in [0.25, 0.3) is 0 Å². The summed E-state index contributed by atoms with van der Waals surface area (Å²) in [6.45, 7) is 1.70. The molecule has 1 atom stereocenters. The summed E-state index contributed by atoms with van der Waals surface area (Å²) < 4.78 is 0. The van der Waals surface area contributed by atoms with E-state index in [2.05, 4.69) is 26.0 Å². The van der Waals surface area contributed by atoms with Crippen LogP contribution in [0, 0.1) is 5.92 Å². The van der Waals surface area contributed by atoms with Crippen LogP contribution in [0.4, 0.5) is 0 Å². The van der Waals surface area contributed by atoms with Gasteiger partial charge in [0, 0.05) is 30.1 Å². The van der Waals surface area contributed by atoms with E-state index in [1.807, 2.05) is 6.07 Å². The Hall–Kier alpha value is -2.57. The van der Waals surface area contributed by atoms with E-state index in [0.717, 1.165) is 5.56 Å². The average molecular weight is 259 g/mol. The number of nitrogens with zero attached hydrogens (tertiary/aromatic N) is 3. The summed E-state index contributed by atoms with van der Waals surface area (Å²) in [6.07, 6.45) is 4.79. The quantitative estimate of drug-likeness (QED) is 0.590. The zero-order valence-electron chi connectivity index (χ0n) is 10.3. The first-order valence-corrected chi connectivity index (χ1v) is 5.73. The van der Waals surface area contributed by atoms with Crippen molar-refractivity contribution in [2.45, 2.75) is 13.3 Å². The molecule has 0 saturated heterocycles. The summed E-state index contributed by atoms with van der Waals surface area (Å²) in [7, 11) is 0. The number of rotatable bonds is 4. The molecule has 0 aromatic carbocycles. The molecule has 7 nitrogen and oxygen atoms in total. The summed E-state index contributed by atoms with van der Waals surface area (Å²) in [5.74, 6) is -1.10. The summed E-state index contributed by atoms with van der Waals surface area (Å²) in [4.78, 5) is 26.9. The molecule has 2 heterocycles. The van der Waals surface area contributed by atoms with E-state index >= 15 is 0 Å². The maximum Gasteiger partial charge on any atom is 0.249 e. The molecule has 1 aromatic rings. The maximum atomic E-state index is 11.6. The monoisotopic (exact) mass is 259 g/mol.